The fourth-order valence-electron chi connectivity index (χ4n) is 6.25. The van der Waals surface area contributed by atoms with Crippen LogP contribution in [0.2, 0.25) is 0 Å². The van der Waals surface area contributed by atoms with Crippen LogP contribution in [-0.4, -0.2) is 54.0 Å². The molecule has 2 N–H and O–H groups in total. The van der Waals surface area contributed by atoms with Crippen molar-refractivity contribution in [2.45, 2.75) is 44.6 Å². The maximum absolute atomic E-state index is 15.1. The number of pyridine rings is 1. The molecule has 3 atom stereocenters. The summed E-state index contributed by atoms with van der Waals surface area (Å²) in [5.74, 6) is -3.40. The second-order valence-electron chi connectivity index (χ2n) is 12.2. The summed E-state index contributed by atoms with van der Waals surface area (Å²) in [5, 5.41) is 6.08. The van der Waals surface area contributed by atoms with Gasteiger partial charge >= 0.3 is 0 Å². The Morgan fingerprint density at radius 1 is 1.06 bits per heavy atom. The van der Waals surface area contributed by atoms with E-state index >= 15 is 4.39 Å². The summed E-state index contributed by atoms with van der Waals surface area (Å²) in [5.41, 5.74) is -0.156. The van der Waals surface area contributed by atoms with Crippen LogP contribution >= 0.6 is 0 Å². The fraction of sp³-hybridized carbons (Fsp3) is 0.324. The van der Waals surface area contributed by atoms with Gasteiger partial charge in [-0.05, 0) is 61.2 Å². The molecule has 11 heteroatoms. The molecule has 1 aliphatic carbocycles. The van der Waals surface area contributed by atoms with E-state index in [1.807, 2.05) is 18.2 Å². The molecule has 7 nitrogen and oxygen atoms in total. The topological polar surface area (TPSA) is 83.6 Å². The first-order valence-corrected chi connectivity index (χ1v) is 15.9. The highest BCUT2D eigenvalue weighted by atomic mass is 19.1. The summed E-state index contributed by atoms with van der Waals surface area (Å²) < 4.78 is 63.2. The number of hydrogen-bond acceptors (Lipinski definition) is 5. The van der Waals surface area contributed by atoms with Gasteiger partial charge in [0.2, 0.25) is 5.91 Å². The van der Waals surface area contributed by atoms with Gasteiger partial charge < -0.3 is 20.3 Å². The van der Waals surface area contributed by atoms with E-state index in [9.17, 15) is 22.8 Å². The van der Waals surface area contributed by atoms with Crippen molar-refractivity contribution in [3.63, 3.8) is 0 Å². The third-order valence-electron chi connectivity index (χ3n) is 8.76. The first-order valence-electron chi connectivity index (χ1n) is 15.9. The summed E-state index contributed by atoms with van der Waals surface area (Å²) in [4.78, 5) is 32.3. The molecule has 1 saturated heterocycles. The second kappa shape index (κ2) is 15.9. The van der Waals surface area contributed by atoms with Crippen LogP contribution in [0.3, 0.4) is 0 Å². The van der Waals surface area contributed by atoms with Crippen molar-refractivity contribution in [1.82, 2.24) is 15.2 Å². The Hall–Kier alpha value is -4.77. The van der Waals surface area contributed by atoms with E-state index in [4.69, 9.17) is 4.74 Å². The van der Waals surface area contributed by atoms with Gasteiger partial charge in [-0.1, -0.05) is 43.3 Å². The van der Waals surface area contributed by atoms with Crippen LogP contribution in [0.25, 0.3) is 0 Å². The van der Waals surface area contributed by atoms with Crippen molar-refractivity contribution in [3.8, 4) is 5.75 Å². The molecule has 48 heavy (non-hydrogen) atoms. The zero-order valence-corrected chi connectivity index (χ0v) is 26.6. The summed E-state index contributed by atoms with van der Waals surface area (Å²) in [7, 11) is 0. The van der Waals surface area contributed by atoms with Crippen molar-refractivity contribution >= 4 is 17.5 Å². The summed E-state index contributed by atoms with van der Waals surface area (Å²) >= 11 is 0. The molecule has 2 aliphatic rings. The number of nitrogens with one attached hydrogen (secondary N) is 2. The van der Waals surface area contributed by atoms with E-state index in [0.29, 0.717) is 43.8 Å². The van der Waals surface area contributed by atoms with Crippen molar-refractivity contribution in [2.24, 2.45) is 5.41 Å². The van der Waals surface area contributed by atoms with E-state index < -0.39 is 40.5 Å². The number of anilines is 1. The Labute approximate surface area is 277 Å². The fourth-order valence-corrected chi connectivity index (χ4v) is 6.25. The highest BCUT2D eigenvalue weighted by Gasteiger charge is 2.35. The van der Waals surface area contributed by atoms with Gasteiger partial charge in [0.1, 0.15) is 29.0 Å². The first kappa shape index (κ1) is 34.6. The third kappa shape index (κ3) is 8.97. The van der Waals surface area contributed by atoms with E-state index in [0.717, 1.165) is 18.3 Å². The Balaban J connectivity index is 1.26. The lowest BCUT2D eigenvalue weighted by Gasteiger charge is -2.36. The average Bonchev–Trinajstić information content (AvgIpc) is 3.21. The number of hydrogen-bond donors (Lipinski definition) is 2. The maximum atomic E-state index is 15.1. The van der Waals surface area contributed by atoms with Crippen LogP contribution in [0.15, 0.2) is 103 Å². The number of halogens is 4. The predicted molar refractivity (Wildman–Crippen MR) is 175 cm³/mol. The molecule has 1 fully saturated rings. The van der Waals surface area contributed by atoms with Gasteiger partial charge in [-0.2, -0.15) is 0 Å². The smallest absolute Gasteiger partial charge is 0.260 e. The molecule has 0 spiro atoms. The lowest BCUT2D eigenvalue weighted by Crippen LogP contribution is -2.54. The van der Waals surface area contributed by atoms with Gasteiger partial charge in [0.15, 0.2) is 6.61 Å². The number of carbonyl (C=O) groups is 2. The number of para-hydroxylation sites is 1. The molecular weight excluding hydrogens is 624 g/mol. The van der Waals surface area contributed by atoms with Crippen molar-refractivity contribution in [3.05, 3.63) is 126 Å². The number of piperazine rings is 1. The van der Waals surface area contributed by atoms with Crippen molar-refractivity contribution in [2.75, 3.05) is 31.6 Å². The first-order chi connectivity index (χ1) is 23.1. The van der Waals surface area contributed by atoms with Crippen LogP contribution in [0.5, 0.6) is 5.75 Å². The number of benzene rings is 2. The van der Waals surface area contributed by atoms with Gasteiger partial charge in [-0.3, -0.25) is 14.6 Å². The Morgan fingerprint density at radius 3 is 2.60 bits per heavy atom. The number of aromatic nitrogens is 1. The highest BCUT2D eigenvalue weighted by Crippen LogP contribution is 2.44. The predicted octanol–water partition coefficient (Wildman–Crippen LogP) is 6.96. The van der Waals surface area contributed by atoms with Crippen LogP contribution in [0.1, 0.15) is 43.2 Å². The molecular formula is C37H38F4N4O3. The lowest BCUT2D eigenvalue weighted by atomic mass is 9.71. The largest absolute Gasteiger partial charge is 0.484 e. The minimum Gasteiger partial charge on any atom is -0.484 e. The molecule has 2 amide bonds. The number of nitrogens with zero attached hydrogens (tertiary/aromatic N) is 2. The molecule has 5 rings (SSSR count). The zero-order chi connectivity index (χ0) is 34.1. The van der Waals surface area contributed by atoms with E-state index in [-0.39, 0.29) is 42.6 Å². The number of carbonyl (C=O) groups excluding carboxylic acids is 2. The number of ether oxygens (including phenoxy) is 1. The van der Waals surface area contributed by atoms with Gasteiger partial charge in [0, 0.05) is 55.1 Å². The molecule has 1 aliphatic heterocycles. The molecule has 1 aromatic heterocycles. The highest BCUT2D eigenvalue weighted by molar-refractivity contribution is 5.92. The third-order valence-corrected chi connectivity index (χ3v) is 8.76. The number of allylic oxidation sites excluding steroid dienone is 6. The zero-order valence-electron chi connectivity index (χ0n) is 26.6. The van der Waals surface area contributed by atoms with Crippen LogP contribution in [-0.2, 0) is 16.0 Å². The second-order valence-corrected chi connectivity index (χ2v) is 12.2. The Kier molecular flexibility index (Phi) is 11.4. The normalized spacial score (nSPS) is 19.9. The lowest BCUT2D eigenvalue weighted by molar-refractivity contribution is -0.136. The van der Waals surface area contributed by atoms with Gasteiger partial charge in [-0.15, -0.1) is 0 Å². The Morgan fingerprint density at radius 2 is 1.83 bits per heavy atom. The van der Waals surface area contributed by atoms with Crippen LogP contribution in [0.4, 0.5) is 23.2 Å². The van der Waals surface area contributed by atoms with Gasteiger partial charge in [0.05, 0.1) is 18.1 Å². The minimum atomic E-state index is -1.16. The van der Waals surface area contributed by atoms with E-state index in [1.165, 1.54) is 42.6 Å². The standard InChI is InChI=1S/C37H38F4N4O3/c1-37(15-14-27(39)18-28(40)20-37)32(25-10-12-26(38)13-11-25)19-35(46)44-34-23-43-22-33(41)31(34)9-5-6-29-21-42-16-17-45(29)36(47)24-48-30-7-3-2-4-8-30/h2-4,7-8,10-15,18,20,22-23,29,32,42H,5-6,9,16-17,19,21,24H2,1H3,(H,44,46)/t29-,32-,37?/m0/s1. The molecule has 0 radical (unpaired) electrons. The molecule has 3 aromatic rings. The maximum Gasteiger partial charge on any atom is 0.260 e. The number of amides is 2. The average molecular weight is 663 g/mol. The van der Waals surface area contributed by atoms with Crippen molar-refractivity contribution < 1.29 is 31.9 Å². The summed E-state index contributed by atoms with van der Waals surface area (Å²) in [6, 6.07) is 14.5. The van der Waals surface area contributed by atoms with Crippen molar-refractivity contribution in [1.29, 1.82) is 0 Å². The summed E-state index contributed by atoms with van der Waals surface area (Å²) in [6.45, 7) is 3.35. The molecule has 0 bridgehead atoms. The molecule has 252 valence electrons. The monoisotopic (exact) mass is 662 g/mol. The quantitative estimate of drug-likeness (QED) is 0.205. The SMILES string of the molecule is CC1([C@@H](CC(=O)Nc2cncc(F)c2CCC[C@H]2CNCCN2C(=O)COc2ccccc2)c2ccc(F)cc2)C=CC(F)=CC(F)=C1. The van der Waals surface area contributed by atoms with Crippen LogP contribution in [0, 0.1) is 17.0 Å². The minimum absolute atomic E-state index is 0.0860. The van der Waals surface area contributed by atoms with E-state index in [1.54, 1.807) is 24.0 Å². The molecule has 2 aromatic carbocycles. The van der Waals surface area contributed by atoms with E-state index in [2.05, 4.69) is 15.6 Å². The number of rotatable bonds is 12. The van der Waals surface area contributed by atoms with Crippen LogP contribution < -0.4 is 15.4 Å². The molecule has 0 saturated carbocycles. The van der Waals surface area contributed by atoms with Gasteiger partial charge in [0.25, 0.3) is 5.91 Å². The summed E-state index contributed by atoms with van der Waals surface area (Å²) in [6.07, 6.45) is 8.21. The molecule has 1 unspecified atom stereocenters. The van der Waals surface area contributed by atoms with Gasteiger partial charge in [-0.25, -0.2) is 17.6 Å². The molecule has 2 heterocycles. The Bertz CT molecular complexity index is 1680.